The van der Waals surface area contributed by atoms with Gasteiger partial charge in [0.1, 0.15) is 19.3 Å². The van der Waals surface area contributed by atoms with E-state index in [1.807, 2.05) is 0 Å². The van der Waals surface area contributed by atoms with Crippen LogP contribution in [-0.4, -0.2) is 96.7 Å². The second-order valence-electron chi connectivity index (χ2n) is 27.1. The molecule has 0 amide bonds. The van der Waals surface area contributed by atoms with Crippen LogP contribution in [0.15, 0.2) is 0 Å². The average molecular weight is 1350 g/mol. The highest BCUT2D eigenvalue weighted by atomic mass is 31.2. The van der Waals surface area contributed by atoms with E-state index in [0.29, 0.717) is 25.7 Å². The highest BCUT2D eigenvalue weighted by Gasteiger charge is 2.30. The molecule has 3 unspecified atom stereocenters. The zero-order valence-electron chi connectivity index (χ0n) is 59.9. The average Bonchev–Trinajstić information content (AvgIpc) is 1.72. The van der Waals surface area contributed by atoms with Crippen LogP contribution in [0, 0.1) is 11.8 Å². The van der Waals surface area contributed by atoms with E-state index in [2.05, 4.69) is 41.5 Å². The number of carbonyl (C=O) groups is 4. The molecule has 0 aromatic carbocycles. The van der Waals surface area contributed by atoms with E-state index in [9.17, 15) is 43.2 Å². The molecular formula is C73H142O17P2. The Morgan fingerprint density at radius 3 is 0.826 bits per heavy atom. The predicted octanol–water partition coefficient (Wildman–Crippen LogP) is 21.2. The summed E-state index contributed by atoms with van der Waals surface area (Å²) in [7, 11) is -9.91. The second-order valence-corrected chi connectivity index (χ2v) is 30.0. The molecule has 0 spiro atoms. The zero-order valence-corrected chi connectivity index (χ0v) is 61.6. The van der Waals surface area contributed by atoms with Crippen molar-refractivity contribution in [3.63, 3.8) is 0 Å². The van der Waals surface area contributed by atoms with Gasteiger partial charge in [0.15, 0.2) is 12.2 Å². The number of esters is 4. The predicted molar refractivity (Wildman–Crippen MR) is 372 cm³/mol. The van der Waals surface area contributed by atoms with Gasteiger partial charge in [-0.1, -0.05) is 324 Å². The first-order valence-corrected chi connectivity index (χ1v) is 41.0. The van der Waals surface area contributed by atoms with Gasteiger partial charge in [0.25, 0.3) is 0 Å². The van der Waals surface area contributed by atoms with Crippen molar-refractivity contribution >= 4 is 39.5 Å². The molecule has 0 heterocycles. The molecule has 6 atom stereocenters. The SMILES string of the molecule is CCCCCCCCCCCCCCCCC(=O)OC[C@H](COP(=O)(O)OC[C@@H](O)COP(=O)(O)OC[C@@H](COC(=O)CCCCCCCCCCC(C)C)OC(=O)CCCCCCCCCCCCCCC)OC(=O)CCCCCCCCCCCCC(C)CC. The lowest BCUT2D eigenvalue weighted by Crippen LogP contribution is -2.30. The van der Waals surface area contributed by atoms with E-state index in [1.165, 1.54) is 193 Å². The molecule has 0 aromatic heterocycles. The Morgan fingerprint density at radius 1 is 0.315 bits per heavy atom. The van der Waals surface area contributed by atoms with Crippen molar-refractivity contribution in [2.75, 3.05) is 39.6 Å². The summed E-state index contributed by atoms with van der Waals surface area (Å²) >= 11 is 0. The third-order valence-electron chi connectivity index (χ3n) is 17.3. The summed E-state index contributed by atoms with van der Waals surface area (Å²) in [6.45, 7) is 9.57. The summed E-state index contributed by atoms with van der Waals surface area (Å²) in [4.78, 5) is 72.7. The largest absolute Gasteiger partial charge is 0.472 e. The number of aliphatic hydroxyl groups is 1. The molecular weight excluding hydrogens is 1210 g/mol. The molecule has 19 heteroatoms. The van der Waals surface area contributed by atoms with E-state index in [4.69, 9.17) is 37.0 Å². The third-order valence-corrected chi connectivity index (χ3v) is 19.2. The normalized spacial score (nSPS) is 14.4. The minimum Gasteiger partial charge on any atom is -0.462 e. The van der Waals surface area contributed by atoms with Gasteiger partial charge < -0.3 is 33.8 Å². The highest BCUT2D eigenvalue weighted by Crippen LogP contribution is 2.45. The van der Waals surface area contributed by atoms with Crippen molar-refractivity contribution in [1.82, 2.24) is 0 Å². The molecule has 17 nitrogen and oxygen atoms in total. The summed E-state index contributed by atoms with van der Waals surface area (Å²) in [5, 5.41) is 10.6. The maximum absolute atomic E-state index is 13.1. The van der Waals surface area contributed by atoms with Crippen LogP contribution in [0.5, 0.6) is 0 Å². The van der Waals surface area contributed by atoms with Gasteiger partial charge in [0.2, 0.25) is 0 Å². The fourth-order valence-electron chi connectivity index (χ4n) is 11.1. The van der Waals surface area contributed by atoms with Crippen molar-refractivity contribution in [1.29, 1.82) is 0 Å². The van der Waals surface area contributed by atoms with E-state index < -0.39 is 97.5 Å². The minimum absolute atomic E-state index is 0.107. The van der Waals surface area contributed by atoms with Gasteiger partial charge in [0, 0.05) is 25.7 Å². The van der Waals surface area contributed by atoms with Crippen LogP contribution in [0.4, 0.5) is 0 Å². The van der Waals surface area contributed by atoms with Gasteiger partial charge in [-0.15, -0.1) is 0 Å². The fraction of sp³-hybridized carbons (Fsp3) is 0.945. The molecule has 0 bridgehead atoms. The minimum atomic E-state index is -4.95. The number of aliphatic hydroxyl groups excluding tert-OH is 1. The van der Waals surface area contributed by atoms with Gasteiger partial charge in [-0.2, -0.15) is 0 Å². The Labute approximate surface area is 562 Å². The van der Waals surface area contributed by atoms with Gasteiger partial charge in [0.05, 0.1) is 26.4 Å². The first-order valence-electron chi connectivity index (χ1n) is 38.0. The number of carbonyl (C=O) groups excluding carboxylic acids is 4. The van der Waals surface area contributed by atoms with Crippen molar-refractivity contribution in [3.05, 3.63) is 0 Å². The standard InChI is InChI=1S/C73H142O17P2/c1-7-10-12-14-16-18-20-22-24-25-30-37-43-49-55-70(75)83-61-68(90-73(78)58-52-46-40-32-28-27-29-36-42-48-54-66(6)9-3)63-87-91(79,80)85-59-67(74)60-86-92(81,82)88-64-69(62-84-71(76)56-50-44-38-34-33-35-41-47-53-65(4)5)89-72(77)57-51-45-39-31-26-23-21-19-17-15-13-11-8-2/h65-69,74H,7-64H2,1-6H3,(H,79,80)(H,81,82)/t66?,67-,68-,69-/m1/s1. The molecule has 546 valence electrons. The second kappa shape index (κ2) is 65.0. The summed E-state index contributed by atoms with van der Waals surface area (Å²) in [5.41, 5.74) is 0. The first-order chi connectivity index (χ1) is 44.4. The summed E-state index contributed by atoms with van der Waals surface area (Å²) < 4.78 is 68.4. The molecule has 0 saturated heterocycles. The maximum atomic E-state index is 13.1. The van der Waals surface area contributed by atoms with Gasteiger partial charge in [-0.25, -0.2) is 9.13 Å². The number of hydrogen-bond acceptors (Lipinski definition) is 15. The molecule has 0 aliphatic rings. The van der Waals surface area contributed by atoms with Gasteiger partial charge in [-0.3, -0.25) is 37.3 Å². The first kappa shape index (κ1) is 90.1. The third kappa shape index (κ3) is 65.4. The Balaban J connectivity index is 5.27. The Morgan fingerprint density at radius 2 is 0.554 bits per heavy atom. The van der Waals surface area contributed by atoms with Crippen LogP contribution in [0.1, 0.15) is 375 Å². The van der Waals surface area contributed by atoms with Crippen molar-refractivity contribution < 1.29 is 80.2 Å². The maximum Gasteiger partial charge on any atom is 0.472 e. The number of unbranched alkanes of at least 4 members (excludes halogenated alkanes) is 41. The van der Waals surface area contributed by atoms with Crippen LogP contribution in [0.2, 0.25) is 0 Å². The van der Waals surface area contributed by atoms with E-state index in [-0.39, 0.29) is 25.7 Å². The molecule has 0 aliphatic heterocycles. The van der Waals surface area contributed by atoms with E-state index >= 15 is 0 Å². The molecule has 0 saturated carbocycles. The van der Waals surface area contributed by atoms with Crippen LogP contribution in [0.25, 0.3) is 0 Å². The molecule has 3 N–H and O–H groups in total. The lowest BCUT2D eigenvalue weighted by atomic mass is 9.99. The highest BCUT2D eigenvalue weighted by molar-refractivity contribution is 7.47. The summed E-state index contributed by atoms with van der Waals surface area (Å²) in [6.07, 6.45) is 51.1. The summed E-state index contributed by atoms with van der Waals surface area (Å²) in [5.74, 6) is -0.588. The molecule has 0 rings (SSSR count). The number of phosphoric ester groups is 2. The Kier molecular flexibility index (Phi) is 63.7. The summed E-state index contributed by atoms with van der Waals surface area (Å²) in [6, 6.07) is 0. The topological polar surface area (TPSA) is 237 Å². The number of phosphoric acid groups is 2. The van der Waals surface area contributed by atoms with Crippen LogP contribution < -0.4 is 0 Å². The lowest BCUT2D eigenvalue weighted by molar-refractivity contribution is -0.161. The van der Waals surface area contributed by atoms with Crippen molar-refractivity contribution in [3.8, 4) is 0 Å². The Hall–Kier alpha value is -1.94. The van der Waals surface area contributed by atoms with Crippen LogP contribution in [0.3, 0.4) is 0 Å². The molecule has 0 fully saturated rings. The zero-order chi connectivity index (χ0) is 67.9. The molecule has 0 radical (unpaired) electrons. The monoisotopic (exact) mass is 1350 g/mol. The smallest absolute Gasteiger partial charge is 0.462 e. The molecule has 0 aromatic rings. The van der Waals surface area contributed by atoms with E-state index in [1.54, 1.807) is 0 Å². The van der Waals surface area contributed by atoms with Crippen LogP contribution >= 0.6 is 15.6 Å². The van der Waals surface area contributed by atoms with Gasteiger partial charge in [-0.05, 0) is 37.5 Å². The quantitative estimate of drug-likeness (QED) is 0.0222. The number of rotatable bonds is 72. The lowest BCUT2D eigenvalue weighted by Gasteiger charge is -2.21. The van der Waals surface area contributed by atoms with Crippen molar-refractivity contribution in [2.24, 2.45) is 11.8 Å². The molecule has 0 aliphatic carbocycles. The molecule has 92 heavy (non-hydrogen) atoms. The van der Waals surface area contributed by atoms with Crippen LogP contribution in [-0.2, 0) is 65.4 Å². The Bertz CT molecular complexity index is 1790. The number of ether oxygens (including phenoxy) is 4. The fourth-order valence-corrected chi connectivity index (χ4v) is 12.7. The number of hydrogen-bond donors (Lipinski definition) is 3. The van der Waals surface area contributed by atoms with Gasteiger partial charge >= 0.3 is 39.5 Å². The van der Waals surface area contributed by atoms with Crippen molar-refractivity contribution in [2.45, 2.75) is 394 Å². The van der Waals surface area contributed by atoms with E-state index in [0.717, 1.165) is 102 Å².